The molecule has 4 heteroatoms. The Balaban J connectivity index is 2.09. The van der Waals surface area contributed by atoms with Crippen molar-refractivity contribution in [1.82, 2.24) is 0 Å². The van der Waals surface area contributed by atoms with Crippen LogP contribution >= 0.6 is 31.9 Å². The Morgan fingerprint density at radius 2 is 1.58 bits per heavy atom. The van der Waals surface area contributed by atoms with Crippen LogP contribution in [0.1, 0.15) is 10.4 Å². The fourth-order valence-electron chi connectivity index (χ4n) is 1.56. The first-order valence-electron chi connectivity index (χ1n) is 5.78. The molecule has 19 heavy (non-hydrogen) atoms. The van der Waals surface area contributed by atoms with Gasteiger partial charge in [0.1, 0.15) is 11.5 Å². The number of hydrogen-bond acceptors (Lipinski definition) is 2. The van der Waals surface area contributed by atoms with Gasteiger partial charge in [-0.3, -0.25) is 4.79 Å². The number of carbonyl (C=O) groups excluding carboxylic acids is 1. The average molecular weight is 384 g/mol. The van der Waals surface area contributed by atoms with Gasteiger partial charge in [0, 0.05) is 10.9 Å². The summed E-state index contributed by atoms with van der Waals surface area (Å²) >= 11 is 6.60. The summed E-state index contributed by atoms with van der Waals surface area (Å²) in [6.07, 6.45) is 0. The van der Waals surface area contributed by atoms with E-state index < -0.39 is 0 Å². The molecule has 98 valence electrons. The van der Waals surface area contributed by atoms with E-state index in [1.165, 1.54) is 0 Å². The molecule has 0 radical (unpaired) electrons. The number of hydrogen-bond donors (Lipinski definition) is 0. The summed E-state index contributed by atoms with van der Waals surface area (Å²) in [4.78, 5) is 11.7. The van der Waals surface area contributed by atoms with E-state index in [-0.39, 0.29) is 10.6 Å². The van der Waals surface area contributed by atoms with Crippen molar-refractivity contribution in [3.05, 3.63) is 60.2 Å². The molecule has 0 spiro atoms. The van der Waals surface area contributed by atoms with Gasteiger partial charge in [-0.15, -0.1) is 0 Å². The Kier molecular flexibility index (Phi) is 5.16. The predicted octanol–water partition coefficient (Wildman–Crippen LogP) is 4.82. The molecule has 0 N–H and O–H groups in total. The van der Waals surface area contributed by atoms with Gasteiger partial charge in [-0.05, 0) is 36.4 Å². The second-order valence-electron chi connectivity index (χ2n) is 3.93. The second-order valence-corrected chi connectivity index (χ2v) is 5.68. The summed E-state index contributed by atoms with van der Waals surface area (Å²) in [5.41, 5.74) is 0.668. The van der Waals surface area contributed by atoms with Gasteiger partial charge in [0.2, 0.25) is 0 Å². The van der Waals surface area contributed by atoms with Crippen LogP contribution in [0.2, 0.25) is 0 Å². The van der Waals surface area contributed by atoms with E-state index in [0.717, 1.165) is 5.75 Å². The van der Waals surface area contributed by atoms with Crippen molar-refractivity contribution in [2.24, 2.45) is 0 Å². The van der Waals surface area contributed by atoms with Crippen molar-refractivity contribution in [3.8, 4) is 11.5 Å². The maximum Gasteiger partial charge on any atom is 0.177 e. The van der Waals surface area contributed by atoms with Crippen LogP contribution in [-0.2, 0) is 0 Å². The number of halogens is 2. The van der Waals surface area contributed by atoms with Crippen molar-refractivity contribution in [1.29, 1.82) is 0 Å². The van der Waals surface area contributed by atoms with Crippen LogP contribution < -0.4 is 4.74 Å². The minimum Gasteiger partial charge on any atom is -0.457 e. The van der Waals surface area contributed by atoms with E-state index in [4.69, 9.17) is 4.74 Å². The Bertz CT molecular complexity index is 538. The van der Waals surface area contributed by atoms with Crippen LogP contribution in [0.5, 0.6) is 11.5 Å². The smallest absolute Gasteiger partial charge is 0.177 e. The Labute approximate surface area is 129 Å². The first kappa shape index (κ1) is 14.3. The van der Waals surface area contributed by atoms with E-state index in [9.17, 15) is 4.79 Å². The highest BCUT2D eigenvalue weighted by atomic mass is 79.9. The van der Waals surface area contributed by atoms with Gasteiger partial charge < -0.3 is 4.74 Å². The van der Waals surface area contributed by atoms with Crippen LogP contribution in [0.15, 0.2) is 54.6 Å². The van der Waals surface area contributed by atoms with E-state index in [1.54, 1.807) is 24.3 Å². The third-order valence-electron chi connectivity index (χ3n) is 2.54. The molecule has 0 aliphatic heterocycles. The molecule has 0 heterocycles. The van der Waals surface area contributed by atoms with Crippen LogP contribution in [0, 0.1) is 0 Å². The third-order valence-corrected chi connectivity index (χ3v) is 4.79. The van der Waals surface area contributed by atoms with Crippen molar-refractivity contribution in [2.45, 2.75) is 4.83 Å². The number of ketones is 1. The minimum atomic E-state index is -0.201. The molecule has 1 unspecified atom stereocenters. The van der Waals surface area contributed by atoms with E-state index in [1.807, 2.05) is 30.3 Å². The zero-order valence-electron chi connectivity index (χ0n) is 10.1. The monoisotopic (exact) mass is 382 g/mol. The molecule has 0 amide bonds. The van der Waals surface area contributed by atoms with Crippen LogP contribution in [-0.4, -0.2) is 15.9 Å². The topological polar surface area (TPSA) is 26.3 Å². The molecule has 0 saturated heterocycles. The SMILES string of the molecule is O=C(c1ccc(Oc2ccccc2)cc1)C(Br)CBr. The van der Waals surface area contributed by atoms with Crippen molar-refractivity contribution in [3.63, 3.8) is 0 Å². The van der Waals surface area contributed by atoms with Gasteiger partial charge >= 0.3 is 0 Å². The maximum atomic E-state index is 11.9. The molecular weight excluding hydrogens is 372 g/mol. The lowest BCUT2D eigenvalue weighted by Gasteiger charge is -2.08. The molecule has 1 atom stereocenters. The highest BCUT2D eigenvalue weighted by Gasteiger charge is 2.15. The first-order chi connectivity index (χ1) is 9.20. The third kappa shape index (κ3) is 3.91. The molecular formula is C15H12Br2O2. The maximum absolute atomic E-state index is 11.9. The van der Waals surface area contributed by atoms with Gasteiger partial charge in [-0.2, -0.15) is 0 Å². The number of carbonyl (C=O) groups is 1. The molecule has 0 saturated carbocycles. The number of para-hydroxylation sites is 1. The molecule has 2 aromatic rings. The number of ether oxygens (including phenoxy) is 1. The van der Waals surface area contributed by atoms with E-state index in [2.05, 4.69) is 31.9 Å². The van der Waals surface area contributed by atoms with E-state index >= 15 is 0 Å². The molecule has 0 fully saturated rings. The lowest BCUT2D eigenvalue weighted by Crippen LogP contribution is -2.15. The van der Waals surface area contributed by atoms with Crippen LogP contribution in [0.3, 0.4) is 0 Å². The molecule has 0 aliphatic carbocycles. The van der Waals surface area contributed by atoms with Crippen LogP contribution in [0.4, 0.5) is 0 Å². The zero-order valence-corrected chi connectivity index (χ0v) is 13.2. The quantitative estimate of drug-likeness (QED) is 0.546. The lowest BCUT2D eigenvalue weighted by atomic mass is 10.1. The van der Waals surface area contributed by atoms with Gasteiger partial charge in [-0.1, -0.05) is 50.1 Å². The zero-order chi connectivity index (χ0) is 13.7. The summed E-state index contributed by atoms with van der Waals surface area (Å²) in [5, 5.41) is 0.591. The summed E-state index contributed by atoms with van der Waals surface area (Å²) in [5.74, 6) is 1.55. The first-order valence-corrected chi connectivity index (χ1v) is 7.81. The number of Topliss-reactive ketones (excluding diaryl/α,β-unsaturated/α-hetero) is 1. The standard InChI is InChI=1S/C15H12Br2O2/c16-10-14(17)15(18)11-6-8-13(9-7-11)19-12-4-2-1-3-5-12/h1-9,14H,10H2. The number of benzene rings is 2. The average Bonchev–Trinajstić information content (AvgIpc) is 2.47. The van der Waals surface area contributed by atoms with Gasteiger partial charge in [0.05, 0.1) is 4.83 Å². The largest absolute Gasteiger partial charge is 0.457 e. The summed E-state index contributed by atoms with van der Waals surface area (Å²) < 4.78 is 5.67. The Morgan fingerprint density at radius 1 is 1.00 bits per heavy atom. The van der Waals surface area contributed by atoms with Crippen molar-refractivity contribution >= 4 is 37.6 Å². The molecule has 0 aromatic heterocycles. The Morgan fingerprint density at radius 3 is 2.16 bits per heavy atom. The number of rotatable bonds is 5. The van der Waals surface area contributed by atoms with Gasteiger partial charge in [-0.25, -0.2) is 0 Å². The molecule has 0 bridgehead atoms. The number of alkyl halides is 2. The fourth-order valence-corrected chi connectivity index (χ4v) is 2.12. The van der Waals surface area contributed by atoms with Gasteiger partial charge in [0.15, 0.2) is 5.78 Å². The Hall–Kier alpha value is -1.13. The summed E-state index contributed by atoms with van der Waals surface area (Å²) in [6, 6.07) is 16.7. The molecule has 0 aliphatic rings. The van der Waals surface area contributed by atoms with E-state index in [0.29, 0.717) is 16.6 Å². The predicted molar refractivity (Wildman–Crippen MR) is 83.8 cm³/mol. The second kappa shape index (κ2) is 6.87. The summed E-state index contributed by atoms with van der Waals surface area (Å²) in [7, 11) is 0. The minimum absolute atomic E-state index is 0.0585. The molecule has 2 nitrogen and oxygen atoms in total. The fraction of sp³-hybridized carbons (Fsp3) is 0.133. The van der Waals surface area contributed by atoms with Crippen molar-refractivity contribution < 1.29 is 9.53 Å². The molecule has 2 aromatic carbocycles. The molecule has 2 rings (SSSR count). The summed E-state index contributed by atoms with van der Waals surface area (Å²) in [6.45, 7) is 0. The highest BCUT2D eigenvalue weighted by molar-refractivity contribution is 9.12. The lowest BCUT2D eigenvalue weighted by molar-refractivity contribution is 0.0997. The normalized spacial score (nSPS) is 11.9. The van der Waals surface area contributed by atoms with Crippen LogP contribution in [0.25, 0.3) is 0 Å². The van der Waals surface area contributed by atoms with Crippen molar-refractivity contribution in [2.75, 3.05) is 5.33 Å². The van der Waals surface area contributed by atoms with Gasteiger partial charge in [0.25, 0.3) is 0 Å². The highest BCUT2D eigenvalue weighted by Crippen LogP contribution is 2.22.